The second-order valence-corrected chi connectivity index (χ2v) is 10.8. The third-order valence-corrected chi connectivity index (χ3v) is 8.38. The first-order chi connectivity index (χ1) is 16.9. The molecule has 8 heteroatoms. The van der Waals surface area contributed by atoms with Crippen LogP contribution in [0.4, 0.5) is 5.69 Å². The molecule has 0 aliphatic carbocycles. The molecule has 4 aromatic rings. The van der Waals surface area contributed by atoms with Gasteiger partial charge in [-0.1, -0.05) is 49.4 Å². The molecule has 0 saturated carbocycles. The number of benzene rings is 3. The number of nitrogens with one attached hydrogen (secondary N) is 2. The number of imidazole rings is 1. The van der Waals surface area contributed by atoms with Crippen molar-refractivity contribution >= 4 is 32.7 Å². The van der Waals surface area contributed by atoms with E-state index in [4.69, 9.17) is 0 Å². The van der Waals surface area contributed by atoms with Crippen LogP contribution in [0.1, 0.15) is 25.3 Å². The van der Waals surface area contributed by atoms with Crippen molar-refractivity contribution in [1.29, 1.82) is 0 Å². The summed E-state index contributed by atoms with van der Waals surface area (Å²) in [6.45, 7) is 2.64. The lowest BCUT2D eigenvalue weighted by atomic mass is 9.98. The van der Waals surface area contributed by atoms with Crippen molar-refractivity contribution in [3.05, 3.63) is 78.4 Å². The Hall–Kier alpha value is -3.49. The van der Waals surface area contributed by atoms with Crippen molar-refractivity contribution in [1.82, 2.24) is 14.3 Å². The molecule has 3 aromatic carbocycles. The van der Waals surface area contributed by atoms with E-state index in [2.05, 4.69) is 22.2 Å². The topological polar surface area (TPSA) is 95.2 Å². The fourth-order valence-corrected chi connectivity index (χ4v) is 6.02. The molecule has 1 aliphatic heterocycles. The number of carbonyl (C=O) groups excluding carboxylic acids is 1. The number of fused-ring (bicyclic) bond motifs is 1. The Kier molecular flexibility index (Phi) is 6.40. The molecule has 0 bridgehead atoms. The van der Waals surface area contributed by atoms with Crippen LogP contribution in [0.5, 0.6) is 0 Å². The van der Waals surface area contributed by atoms with Crippen LogP contribution in [0.3, 0.4) is 0 Å². The number of aryl methyl sites for hydroxylation is 1. The standard InChI is InChI=1S/C27H28N4O3S/c1-2-19-10-12-22(13-11-19)28-27(32)21-9-6-16-31(18-21)35(33,34)23-14-15-24-25(17-23)30-26(29-24)20-7-4-3-5-8-20/h3-5,7-8,10-15,17,21H,2,6,9,16,18H2,1H3,(H,28,32)(H,29,30)/t21-/m1/s1. The molecule has 0 unspecified atom stereocenters. The predicted molar refractivity (Wildman–Crippen MR) is 137 cm³/mol. The molecule has 2 heterocycles. The molecule has 0 radical (unpaired) electrons. The highest BCUT2D eigenvalue weighted by atomic mass is 32.2. The second-order valence-electron chi connectivity index (χ2n) is 8.87. The largest absolute Gasteiger partial charge is 0.338 e. The van der Waals surface area contributed by atoms with Crippen molar-refractivity contribution in [3.63, 3.8) is 0 Å². The van der Waals surface area contributed by atoms with E-state index in [1.165, 1.54) is 9.87 Å². The fourth-order valence-electron chi connectivity index (χ4n) is 4.47. The molecule has 2 N–H and O–H groups in total. The van der Waals surface area contributed by atoms with Crippen molar-refractivity contribution in [2.45, 2.75) is 31.1 Å². The van der Waals surface area contributed by atoms with Gasteiger partial charge >= 0.3 is 0 Å². The predicted octanol–water partition coefficient (Wildman–Crippen LogP) is 4.83. The summed E-state index contributed by atoms with van der Waals surface area (Å²) in [6.07, 6.45) is 2.23. The number of amides is 1. The first kappa shape index (κ1) is 23.3. The van der Waals surface area contributed by atoms with Gasteiger partial charge in [0, 0.05) is 24.3 Å². The Morgan fingerprint density at radius 2 is 1.86 bits per heavy atom. The van der Waals surface area contributed by atoms with E-state index < -0.39 is 15.9 Å². The molecule has 0 spiro atoms. The van der Waals surface area contributed by atoms with Gasteiger partial charge in [-0.2, -0.15) is 4.31 Å². The zero-order valence-corrected chi connectivity index (χ0v) is 20.4. The summed E-state index contributed by atoms with van der Waals surface area (Å²) in [4.78, 5) is 20.9. The number of rotatable bonds is 6. The average Bonchev–Trinajstić information content (AvgIpc) is 3.33. The summed E-state index contributed by atoms with van der Waals surface area (Å²) in [6, 6.07) is 22.4. The van der Waals surface area contributed by atoms with E-state index in [0.717, 1.165) is 17.7 Å². The molecule has 1 fully saturated rings. The Bertz CT molecular complexity index is 1450. The second kappa shape index (κ2) is 9.64. The van der Waals surface area contributed by atoms with Gasteiger partial charge in [0.1, 0.15) is 5.82 Å². The molecule has 5 rings (SSSR count). The van der Waals surface area contributed by atoms with Crippen LogP contribution < -0.4 is 5.32 Å². The maximum Gasteiger partial charge on any atom is 0.243 e. The number of carbonyl (C=O) groups is 1. The monoisotopic (exact) mass is 488 g/mol. The van der Waals surface area contributed by atoms with Gasteiger partial charge in [-0.3, -0.25) is 4.79 Å². The third kappa shape index (κ3) is 4.85. The lowest BCUT2D eigenvalue weighted by molar-refractivity contribution is -0.120. The number of nitrogens with zero attached hydrogens (tertiary/aromatic N) is 2. The summed E-state index contributed by atoms with van der Waals surface area (Å²) < 4.78 is 28.4. The number of hydrogen-bond donors (Lipinski definition) is 2. The highest BCUT2D eigenvalue weighted by Crippen LogP contribution is 2.28. The van der Waals surface area contributed by atoms with Crippen molar-refractivity contribution in [2.24, 2.45) is 5.92 Å². The van der Waals surface area contributed by atoms with E-state index >= 15 is 0 Å². The molecular formula is C27H28N4O3S. The van der Waals surface area contributed by atoms with Gasteiger partial charge < -0.3 is 10.3 Å². The number of piperidine rings is 1. The highest BCUT2D eigenvalue weighted by molar-refractivity contribution is 7.89. The normalized spacial score (nSPS) is 16.9. The van der Waals surface area contributed by atoms with Gasteiger partial charge in [-0.25, -0.2) is 13.4 Å². The zero-order valence-electron chi connectivity index (χ0n) is 19.6. The van der Waals surface area contributed by atoms with Crippen molar-refractivity contribution in [3.8, 4) is 11.4 Å². The van der Waals surface area contributed by atoms with Gasteiger partial charge in [-0.05, 0) is 55.2 Å². The lowest BCUT2D eigenvalue weighted by Crippen LogP contribution is -2.43. The van der Waals surface area contributed by atoms with Crippen molar-refractivity contribution < 1.29 is 13.2 Å². The summed E-state index contributed by atoms with van der Waals surface area (Å²) in [5.74, 6) is 0.146. The minimum atomic E-state index is -3.75. The maximum atomic E-state index is 13.5. The number of sulfonamides is 1. The number of hydrogen-bond acceptors (Lipinski definition) is 4. The molecule has 1 aliphatic rings. The SMILES string of the molecule is CCc1ccc(NC(=O)[C@@H]2CCCN(S(=O)(=O)c3ccc4nc(-c5ccccc5)[nH]c4c3)C2)cc1. The van der Waals surface area contributed by atoms with Crippen LogP contribution in [0, 0.1) is 5.92 Å². The Balaban J connectivity index is 1.33. The molecular weight excluding hydrogens is 460 g/mol. The highest BCUT2D eigenvalue weighted by Gasteiger charge is 2.33. The molecule has 1 amide bonds. The lowest BCUT2D eigenvalue weighted by Gasteiger charge is -2.31. The van der Waals surface area contributed by atoms with E-state index in [-0.39, 0.29) is 17.3 Å². The van der Waals surface area contributed by atoms with Crippen LogP contribution in [0.2, 0.25) is 0 Å². The van der Waals surface area contributed by atoms with E-state index in [9.17, 15) is 13.2 Å². The molecule has 1 saturated heterocycles. The molecule has 1 aromatic heterocycles. The number of H-pyrrole nitrogens is 1. The van der Waals surface area contributed by atoms with Crippen molar-refractivity contribution in [2.75, 3.05) is 18.4 Å². The number of aromatic amines is 1. The van der Waals surface area contributed by atoms with E-state index in [1.54, 1.807) is 18.2 Å². The summed E-state index contributed by atoms with van der Waals surface area (Å²) in [5.41, 5.74) is 4.22. The van der Waals surface area contributed by atoms with Crippen LogP contribution in [0.15, 0.2) is 77.7 Å². The van der Waals surface area contributed by atoms with Crippen LogP contribution in [-0.4, -0.2) is 41.7 Å². The summed E-state index contributed by atoms with van der Waals surface area (Å²) >= 11 is 0. The van der Waals surface area contributed by atoms with Gasteiger partial charge in [-0.15, -0.1) is 0 Å². The summed E-state index contributed by atoms with van der Waals surface area (Å²) in [5, 5.41) is 2.94. The maximum absolute atomic E-state index is 13.5. The Morgan fingerprint density at radius 3 is 2.60 bits per heavy atom. The van der Waals surface area contributed by atoms with Gasteiger partial charge in [0.15, 0.2) is 0 Å². The van der Waals surface area contributed by atoms with Crippen LogP contribution >= 0.6 is 0 Å². The van der Waals surface area contributed by atoms with Crippen LogP contribution in [-0.2, 0) is 21.2 Å². The first-order valence-electron chi connectivity index (χ1n) is 11.9. The first-order valence-corrected chi connectivity index (χ1v) is 13.3. The zero-order chi connectivity index (χ0) is 24.4. The molecule has 180 valence electrons. The fraction of sp³-hybridized carbons (Fsp3) is 0.259. The van der Waals surface area contributed by atoms with Gasteiger partial charge in [0.25, 0.3) is 0 Å². The van der Waals surface area contributed by atoms with Gasteiger partial charge in [0.2, 0.25) is 15.9 Å². The quantitative estimate of drug-likeness (QED) is 0.406. The van der Waals surface area contributed by atoms with Gasteiger partial charge in [0.05, 0.1) is 21.8 Å². The third-order valence-electron chi connectivity index (χ3n) is 6.52. The Labute approximate surface area is 205 Å². The molecule has 1 atom stereocenters. The minimum Gasteiger partial charge on any atom is -0.338 e. The minimum absolute atomic E-state index is 0.148. The smallest absolute Gasteiger partial charge is 0.243 e. The Morgan fingerprint density at radius 1 is 1.09 bits per heavy atom. The number of anilines is 1. The average molecular weight is 489 g/mol. The van der Waals surface area contributed by atoms with E-state index in [0.29, 0.717) is 36.2 Å². The summed E-state index contributed by atoms with van der Waals surface area (Å²) in [7, 11) is -3.75. The van der Waals surface area contributed by atoms with E-state index in [1.807, 2.05) is 54.6 Å². The molecule has 35 heavy (non-hydrogen) atoms. The number of aromatic nitrogens is 2. The molecule has 7 nitrogen and oxygen atoms in total. The van der Waals surface area contributed by atoms with Crippen LogP contribution in [0.25, 0.3) is 22.4 Å².